The summed E-state index contributed by atoms with van der Waals surface area (Å²) in [5, 5.41) is 13.7. The van der Waals surface area contributed by atoms with Crippen LogP contribution in [0.25, 0.3) is 22.4 Å². The molecule has 1 aromatic carbocycles. The van der Waals surface area contributed by atoms with Gasteiger partial charge in [0.2, 0.25) is 0 Å². The third-order valence-corrected chi connectivity index (χ3v) is 2.83. The molecule has 1 unspecified atom stereocenters. The molecule has 6 nitrogen and oxygen atoms in total. The second-order valence-corrected chi connectivity index (χ2v) is 4.13. The molecule has 2 aromatic heterocycles. The fourth-order valence-electron chi connectivity index (χ4n) is 1.85. The molecule has 0 saturated carbocycles. The molecular formula is C13H12N4O2. The topological polar surface area (TPSA) is 98.1 Å². The average molecular weight is 256 g/mol. The summed E-state index contributed by atoms with van der Waals surface area (Å²) in [4.78, 5) is 8.52. The molecule has 0 amide bonds. The fourth-order valence-corrected chi connectivity index (χ4v) is 1.85. The lowest BCUT2D eigenvalue weighted by Gasteiger charge is -2.01. The number of rotatable bonds is 3. The van der Waals surface area contributed by atoms with Crippen molar-refractivity contribution in [3.05, 3.63) is 42.4 Å². The molecule has 0 bridgehead atoms. The molecule has 19 heavy (non-hydrogen) atoms. The number of nitrogens with two attached hydrogens (primary N) is 1. The van der Waals surface area contributed by atoms with E-state index >= 15 is 0 Å². The summed E-state index contributed by atoms with van der Waals surface area (Å²) in [5.74, 6) is 0.633. The highest BCUT2D eigenvalue weighted by Crippen LogP contribution is 2.26. The van der Waals surface area contributed by atoms with Crippen LogP contribution in [0, 0.1) is 0 Å². The average Bonchev–Trinajstić information content (AvgIpc) is 2.95. The van der Waals surface area contributed by atoms with Gasteiger partial charge in [-0.2, -0.15) is 4.98 Å². The molecule has 0 aliphatic rings. The summed E-state index contributed by atoms with van der Waals surface area (Å²) in [6.45, 7) is -0.229. The molecule has 0 aliphatic carbocycles. The Morgan fingerprint density at radius 1 is 1.26 bits per heavy atom. The summed E-state index contributed by atoms with van der Waals surface area (Å²) < 4.78 is 5.19. The van der Waals surface area contributed by atoms with E-state index in [9.17, 15) is 0 Å². The van der Waals surface area contributed by atoms with Crippen LogP contribution < -0.4 is 5.73 Å². The minimum Gasteiger partial charge on any atom is -0.394 e. The van der Waals surface area contributed by atoms with Crippen molar-refractivity contribution in [2.75, 3.05) is 6.61 Å². The first-order chi connectivity index (χ1) is 9.29. The molecule has 3 rings (SSSR count). The maximum absolute atomic E-state index is 8.98. The van der Waals surface area contributed by atoms with Crippen LogP contribution in [0.1, 0.15) is 11.9 Å². The third-order valence-electron chi connectivity index (χ3n) is 2.83. The lowest BCUT2D eigenvalue weighted by molar-refractivity contribution is 0.260. The first-order valence-electron chi connectivity index (χ1n) is 5.84. The zero-order valence-corrected chi connectivity index (χ0v) is 10.0. The number of aliphatic hydroxyl groups is 1. The summed E-state index contributed by atoms with van der Waals surface area (Å²) in [6, 6.07) is 8.91. The van der Waals surface area contributed by atoms with Gasteiger partial charge >= 0.3 is 0 Å². The van der Waals surface area contributed by atoms with E-state index in [0.717, 1.165) is 16.5 Å². The SMILES string of the molecule is NC(CO)c1noc(-c2cccc3cccnc23)n1. The molecule has 0 saturated heterocycles. The van der Waals surface area contributed by atoms with Gasteiger partial charge in [0, 0.05) is 11.6 Å². The Kier molecular flexibility index (Phi) is 2.94. The molecule has 0 fully saturated rings. The van der Waals surface area contributed by atoms with E-state index in [1.165, 1.54) is 0 Å². The number of nitrogens with zero attached hydrogens (tertiary/aromatic N) is 3. The second-order valence-electron chi connectivity index (χ2n) is 4.13. The summed E-state index contributed by atoms with van der Waals surface area (Å²) in [6.07, 6.45) is 1.71. The van der Waals surface area contributed by atoms with Crippen LogP contribution >= 0.6 is 0 Å². The lowest BCUT2D eigenvalue weighted by Crippen LogP contribution is -2.15. The van der Waals surface area contributed by atoms with Gasteiger partial charge in [-0.15, -0.1) is 0 Å². The monoisotopic (exact) mass is 256 g/mol. The number of hydrogen-bond donors (Lipinski definition) is 2. The molecular weight excluding hydrogens is 244 g/mol. The van der Waals surface area contributed by atoms with Crippen LogP contribution in [-0.4, -0.2) is 26.8 Å². The zero-order valence-electron chi connectivity index (χ0n) is 10.0. The van der Waals surface area contributed by atoms with Crippen molar-refractivity contribution in [1.82, 2.24) is 15.1 Å². The van der Waals surface area contributed by atoms with Crippen molar-refractivity contribution in [1.29, 1.82) is 0 Å². The molecule has 3 N–H and O–H groups in total. The van der Waals surface area contributed by atoms with E-state index in [0.29, 0.717) is 5.89 Å². The van der Waals surface area contributed by atoms with Crippen LogP contribution in [0.2, 0.25) is 0 Å². The Labute approximate surface area is 108 Å². The minimum atomic E-state index is -0.638. The Balaban J connectivity index is 2.12. The highest BCUT2D eigenvalue weighted by molar-refractivity contribution is 5.91. The number of benzene rings is 1. The quantitative estimate of drug-likeness (QED) is 0.732. The number of para-hydroxylation sites is 1. The predicted molar refractivity (Wildman–Crippen MR) is 69.0 cm³/mol. The van der Waals surface area contributed by atoms with Crippen molar-refractivity contribution in [2.24, 2.45) is 5.73 Å². The van der Waals surface area contributed by atoms with Gasteiger partial charge in [0.1, 0.15) is 0 Å². The standard InChI is InChI=1S/C13H12N4O2/c14-10(7-18)12-16-13(19-17-12)9-5-1-3-8-4-2-6-15-11(8)9/h1-6,10,18H,7,14H2. The van der Waals surface area contributed by atoms with Gasteiger partial charge in [0.05, 0.1) is 23.7 Å². The number of hydrogen-bond acceptors (Lipinski definition) is 6. The van der Waals surface area contributed by atoms with Crippen molar-refractivity contribution in [3.63, 3.8) is 0 Å². The van der Waals surface area contributed by atoms with Gasteiger partial charge in [0.15, 0.2) is 5.82 Å². The lowest BCUT2D eigenvalue weighted by atomic mass is 10.1. The van der Waals surface area contributed by atoms with Crippen LogP contribution in [-0.2, 0) is 0 Å². The Bertz CT molecular complexity index is 705. The molecule has 3 aromatic rings. The van der Waals surface area contributed by atoms with Crippen molar-refractivity contribution in [2.45, 2.75) is 6.04 Å². The van der Waals surface area contributed by atoms with Crippen molar-refractivity contribution in [3.8, 4) is 11.5 Å². The fraction of sp³-hybridized carbons (Fsp3) is 0.154. The highest BCUT2D eigenvalue weighted by Gasteiger charge is 2.16. The van der Waals surface area contributed by atoms with Gasteiger partial charge in [-0.05, 0) is 12.1 Å². The van der Waals surface area contributed by atoms with Crippen molar-refractivity contribution < 1.29 is 9.63 Å². The van der Waals surface area contributed by atoms with Gasteiger partial charge in [-0.25, -0.2) is 0 Å². The van der Waals surface area contributed by atoms with E-state index in [2.05, 4.69) is 15.1 Å². The summed E-state index contributed by atoms with van der Waals surface area (Å²) >= 11 is 0. The minimum absolute atomic E-state index is 0.229. The van der Waals surface area contributed by atoms with Gasteiger partial charge < -0.3 is 15.4 Å². The van der Waals surface area contributed by atoms with Gasteiger partial charge in [0.25, 0.3) is 5.89 Å². The maximum atomic E-state index is 8.98. The molecule has 0 aliphatic heterocycles. The Hall–Kier alpha value is -2.31. The first kappa shape index (κ1) is 11.8. The number of fused-ring (bicyclic) bond motifs is 1. The van der Waals surface area contributed by atoms with Gasteiger partial charge in [-0.3, -0.25) is 4.98 Å². The molecule has 6 heteroatoms. The summed E-state index contributed by atoms with van der Waals surface area (Å²) in [5.41, 5.74) is 7.19. The zero-order chi connectivity index (χ0) is 13.2. The molecule has 2 heterocycles. The highest BCUT2D eigenvalue weighted by atomic mass is 16.5. The van der Waals surface area contributed by atoms with Crippen LogP contribution in [0.15, 0.2) is 41.1 Å². The van der Waals surface area contributed by atoms with E-state index < -0.39 is 6.04 Å². The largest absolute Gasteiger partial charge is 0.394 e. The molecule has 0 spiro atoms. The van der Waals surface area contributed by atoms with E-state index in [4.69, 9.17) is 15.4 Å². The van der Waals surface area contributed by atoms with E-state index in [1.54, 1.807) is 6.20 Å². The Morgan fingerprint density at radius 3 is 2.95 bits per heavy atom. The van der Waals surface area contributed by atoms with Crippen LogP contribution in [0.5, 0.6) is 0 Å². The number of pyridine rings is 1. The van der Waals surface area contributed by atoms with Crippen LogP contribution in [0.4, 0.5) is 0 Å². The predicted octanol–water partition coefficient (Wildman–Crippen LogP) is 1.28. The first-order valence-corrected chi connectivity index (χ1v) is 5.84. The summed E-state index contributed by atoms with van der Waals surface area (Å²) in [7, 11) is 0. The third kappa shape index (κ3) is 2.07. The van der Waals surface area contributed by atoms with Gasteiger partial charge in [-0.1, -0.05) is 23.4 Å². The molecule has 0 radical (unpaired) electrons. The second kappa shape index (κ2) is 4.75. The molecule has 96 valence electrons. The Morgan fingerprint density at radius 2 is 2.11 bits per heavy atom. The smallest absolute Gasteiger partial charge is 0.260 e. The van der Waals surface area contributed by atoms with Crippen LogP contribution in [0.3, 0.4) is 0 Å². The van der Waals surface area contributed by atoms with E-state index in [1.807, 2.05) is 30.3 Å². The molecule has 1 atom stereocenters. The number of aromatic nitrogens is 3. The number of aliphatic hydroxyl groups excluding tert-OH is 1. The normalized spacial score (nSPS) is 12.7. The van der Waals surface area contributed by atoms with Crippen molar-refractivity contribution >= 4 is 10.9 Å². The van der Waals surface area contributed by atoms with E-state index in [-0.39, 0.29) is 12.4 Å². The maximum Gasteiger partial charge on any atom is 0.260 e.